The summed E-state index contributed by atoms with van der Waals surface area (Å²) in [6.07, 6.45) is -2.83. The predicted octanol–water partition coefficient (Wildman–Crippen LogP) is -0.123. The third kappa shape index (κ3) is 2.50. The van der Waals surface area contributed by atoms with Crippen molar-refractivity contribution in [3.63, 3.8) is 0 Å². The van der Waals surface area contributed by atoms with Gasteiger partial charge in [-0.25, -0.2) is 0 Å². The van der Waals surface area contributed by atoms with Crippen LogP contribution in [0.15, 0.2) is 30.3 Å². The van der Waals surface area contributed by atoms with Gasteiger partial charge in [0.15, 0.2) is 0 Å². The highest BCUT2D eigenvalue weighted by molar-refractivity contribution is 5.15. The minimum absolute atomic E-state index is 0.163. The van der Waals surface area contributed by atoms with Crippen LogP contribution in [0.1, 0.15) is 12.5 Å². The zero-order valence-electron chi connectivity index (χ0n) is 9.82. The number of rotatable bonds is 3. The van der Waals surface area contributed by atoms with Gasteiger partial charge in [-0.1, -0.05) is 37.3 Å². The van der Waals surface area contributed by atoms with E-state index < -0.39 is 18.3 Å². The molecule has 94 valence electrons. The number of aliphatic hydroxyl groups is 3. The Bertz CT molecular complexity index is 343. The van der Waals surface area contributed by atoms with Gasteiger partial charge >= 0.3 is 0 Å². The molecule has 5 atom stereocenters. The molecule has 0 spiro atoms. The maximum Gasteiger partial charge on any atom is 0.108 e. The summed E-state index contributed by atoms with van der Waals surface area (Å²) in [5.74, 6) is -0.163. The number of hydrogen-bond acceptors (Lipinski definition) is 4. The highest BCUT2D eigenvalue weighted by Gasteiger charge is 2.45. The summed E-state index contributed by atoms with van der Waals surface area (Å²) in [5.41, 5.74) is 1.11. The SMILES string of the molecule is C[C@@H]1[C@@H](O)[C@@H](O)[C@@H](O)[C@H]1NCc1ccccc1. The molecule has 1 aromatic rings. The maximum absolute atomic E-state index is 9.80. The van der Waals surface area contributed by atoms with E-state index in [-0.39, 0.29) is 12.0 Å². The van der Waals surface area contributed by atoms with Crippen LogP contribution in [-0.4, -0.2) is 39.7 Å². The Balaban J connectivity index is 1.96. The van der Waals surface area contributed by atoms with Crippen molar-refractivity contribution in [1.82, 2.24) is 5.32 Å². The molecule has 0 bridgehead atoms. The molecule has 4 heteroatoms. The molecule has 1 aliphatic rings. The standard InChI is InChI=1S/C13H19NO3/c1-8-10(12(16)13(17)11(8)15)14-7-9-5-3-2-4-6-9/h2-6,8,10-17H,7H2,1H3/t8-,10-,11+,12-,13+/m0/s1. The van der Waals surface area contributed by atoms with E-state index in [4.69, 9.17) is 0 Å². The fourth-order valence-corrected chi connectivity index (χ4v) is 2.39. The van der Waals surface area contributed by atoms with E-state index >= 15 is 0 Å². The van der Waals surface area contributed by atoms with Gasteiger partial charge in [0.2, 0.25) is 0 Å². The first-order chi connectivity index (χ1) is 8.11. The van der Waals surface area contributed by atoms with Gasteiger partial charge in [0.1, 0.15) is 6.10 Å². The van der Waals surface area contributed by atoms with E-state index in [1.807, 2.05) is 37.3 Å². The first kappa shape index (κ1) is 12.5. The van der Waals surface area contributed by atoms with Crippen molar-refractivity contribution in [2.24, 2.45) is 5.92 Å². The zero-order chi connectivity index (χ0) is 12.4. The third-order valence-electron chi connectivity index (χ3n) is 3.56. The quantitative estimate of drug-likeness (QED) is 0.591. The molecule has 0 unspecified atom stereocenters. The molecule has 17 heavy (non-hydrogen) atoms. The fourth-order valence-electron chi connectivity index (χ4n) is 2.39. The Morgan fingerprint density at radius 3 is 2.18 bits per heavy atom. The molecule has 0 aliphatic heterocycles. The van der Waals surface area contributed by atoms with Gasteiger partial charge < -0.3 is 20.6 Å². The van der Waals surface area contributed by atoms with Crippen molar-refractivity contribution in [2.45, 2.75) is 37.8 Å². The summed E-state index contributed by atoms with van der Waals surface area (Å²) < 4.78 is 0. The lowest BCUT2D eigenvalue weighted by Crippen LogP contribution is -2.41. The average Bonchev–Trinajstić information content (AvgIpc) is 2.54. The molecule has 1 fully saturated rings. The van der Waals surface area contributed by atoms with Crippen LogP contribution >= 0.6 is 0 Å². The molecule has 0 heterocycles. The Kier molecular flexibility index (Phi) is 3.79. The second-order valence-electron chi connectivity index (χ2n) is 4.72. The Morgan fingerprint density at radius 2 is 1.65 bits per heavy atom. The van der Waals surface area contributed by atoms with Crippen LogP contribution in [0.4, 0.5) is 0 Å². The Morgan fingerprint density at radius 1 is 1.00 bits per heavy atom. The molecule has 1 aliphatic carbocycles. The molecule has 1 saturated carbocycles. The van der Waals surface area contributed by atoms with Gasteiger partial charge in [-0.2, -0.15) is 0 Å². The van der Waals surface area contributed by atoms with Crippen LogP contribution in [-0.2, 0) is 6.54 Å². The molecule has 0 saturated heterocycles. The fraction of sp³-hybridized carbons (Fsp3) is 0.538. The lowest BCUT2D eigenvalue weighted by atomic mass is 10.0. The monoisotopic (exact) mass is 237 g/mol. The van der Waals surface area contributed by atoms with Gasteiger partial charge in [-0.05, 0) is 5.56 Å². The Hall–Kier alpha value is -0.940. The third-order valence-corrected chi connectivity index (χ3v) is 3.56. The van der Waals surface area contributed by atoms with E-state index in [0.29, 0.717) is 6.54 Å². The molecule has 2 rings (SSSR count). The van der Waals surface area contributed by atoms with Gasteiger partial charge in [0.05, 0.1) is 12.2 Å². The van der Waals surface area contributed by atoms with Gasteiger partial charge in [-0.15, -0.1) is 0 Å². The van der Waals surface area contributed by atoms with Crippen molar-refractivity contribution in [2.75, 3.05) is 0 Å². The summed E-state index contributed by atoms with van der Waals surface area (Å²) in [4.78, 5) is 0. The molecule has 1 aromatic carbocycles. The summed E-state index contributed by atoms with van der Waals surface area (Å²) in [6, 6.07) is 9.56. The molecule has 4 nitrogen and oxygen atoms in total. The largest absolute Gasteiger partial charge is 0.390 e. The van der Waals surface area contributed by atoms with Crippen molar-refractivity contribution >= 4 is 0 Å². The van der Waals surface area contributed by atoms with Crippen molar-refractivity contribution in [3.8, 4) is 0 Å². The number of benzene rings is 1. The molecule has 0 aromatic heterocycles. The average molecular weight is 237 g/mol. The maximum atomic E-state index is 9.80. The van der Waals surface area contributed by atoms with Crippen LogP contribution < -0.4 is 5.32 Å². The lowest BCUT2D eigenvalue weighted by Gasteiger charge is -2.21. The van der Waals surface area contributed by atoms with Gasteiger partial charge in [0.25, 0.3) is 0 Å². The van der Waals surface area contributed by atoms with E-state index in [1.165, 1.54) is 0 Å². The van der Waals surface area contributed by atoms with Crippen LogP contribution in [0.2, 0.25) is 0 Å². The van der Waals surface area contributed by atoms with Crippen LogP contribution in [0.25, 0.3) is 0 Å². The minimum atomic E-state index is -1.06. The second-order valence-corrected chi connectivity index (χ2v) is 4.72. The van der Waals surface area contributed by atoms with Crippen molar-refractivity contribution in [1.29, 1.82) is 0 Å². The van der Waals surface area contributed by atoms with Crippen molar-refractivity contribution < 1.29 is 15.3 Å². The highest BCUT2D eigenvalue weighted by atomic mass is 16.4. The molecule has 0 radical (unpaired) electrons. The van der Waals surface area contributed by atoms with E-state index in [9.17, 15) is 15.3 Å². The van der Waals surface area contributed by atoms with Crippen molar-refractivity contribution in [3.05, 3.63) is 35.9 Å². The molecule has 0 amide bonds. The van der Waals surface area contributed by atoms with Gasteiger partial charge in [0, 0.05) is 18.5 Å². The zero-order valence-corrected chi connectivity index (χ0v) is 9.82. The summed E-state index contributed by atoms with van der Waals surface area (Å²) in [5, 5.41) is 32.2. The normalized spacial score (nSPS) is 37.3. The molecule has 4 N–H and O–H groups in total. The Labute approximate surface area is 101 Å². The summed E-state index contributed by atoms with van der Waals surface area (Å²) in [6.45, 7) is 2.44. The lowest BCUT2D eigenvalue weighted by molar-refractivity contribution is -0.0267. The number of nitrogens with one attached hydrogen (secondary N) is 1. The topological polar surface area (TPSA) is 72.7 Å². The summed E-state index contributed by atoms with van der Waals surface area (Å²) >= 11 is 0. The number of hydrogen-bond donors (Lipinski definition) is 4. The van der Waals surface area contributed by atoms with Crippen LogP contribution in [0.5, 0.6) is 0 Å². The van der Waals surface area contributed by atoms with Crippen LogP contribution in [0, 0.1) is 5.92 Å². The first-order valence-electron chi connectivity index (χ1n) is 5.93. The molecular weight excluding hydrogens is 218 g/mol. The first-order valence-corrected chi connectivity index (χ1v) is 5.93. The second kappa shape index (κ2) is 5.14. The number of aliphatic hydroxyl groups excluding tert-OH is 3. The predicted molar refractivity (Wildman–Crippen MR) is 64.3 cm³/mol. The van der Waals surface area contributed by atoms with Gasteiger partial charge in [-0.3, -0.25) is 0 Å². The molecular formula is C13H19NO3. The van der Waals surface area contributed by atoms with E-state index in [1.54, 1.807) is 0 Å². The summed E-state index contributed by atoms with van der Waals surface area (Å²) in [7, 11) is 0. The minimum Gasteiger partial charge on any atom is -0.390 e. The highest BCUT2D eigenvalue weighted by Crippen LogP contribution is 2.27. The van der Waals surface area contributed by atoms with Crippen LogP contribution in [0.3, 0.4) is 0 Å². The smallest absolute Gasteiger partial charge is 0.108 e. The van der Waals surface area contributed by atoms with E-state index in [0.717, 1.165) is 5.56 Å². The van der Waals surface area contributed by atoms with E-state index in [2.05, 4.69) is 5.32 Å².